The molecule has 28 heavy (non-hydrogen) atoms. The molecule has 0 radical (unpaired) electrons. The van der Waals surface area contributed by atoms with Crippen molar-refractivity contribution in [3.05, 3.63) is 47.8 Å². The van der Waals surface area contributed by atoms with Gasteiger partial charge in [-0.2, -0.15) is 0 Å². The number of terminal acetylenes is 1. The van der Waals surface area contributed by atoms with Gasteiger partial charge in [-0.1, -0.05) is 35.3 Å². The molecule has 0 atom stereocenters. The van der Waals surface area contributed by atoms with Crippen LogP contribution in [0.5, 0.6) is 0 Å². The third-order valence-corrected chi connectivity index (χ3v) is 5.11. The van der Waals surface area contributed by atoms with Crippen molar-refractivity contribution >= 4 is 12.0 Å². The standard InChI is InChI=1S/C20H17FN6O/c1-2-20(21)11-27(12-20)19-26-25-17(28-19)15-9-22-18(23-10-15)24-16-7-13-5-3-4-6-14(13)8-16/h1,3-6,9-10,16H,7-8,11-12H2,(H,22,23,24). The minimum atomic E-state index is -1.62. The van der Waals surface area contributed by atoms with E-state index in [9.17, 15) is 4.39 Å². The van der Waals surface area contributed by atoms with Gasteiger partial charge in [-0.25, -0.2) is 14.4 Å². The fourth-order valence-electron chi connectivity index (χ4n) is 3.60. The Morgan fingerprint density at radius 1 is 1.14 bits per heavy atom. The number of nitrogens with one attached hydrogen (secondary N) is 1. The number of aromatic nitrogens is 4. The van der Waals surface area contributed by atoms with Crippen LogP contribution in [0.2, 0.25) is 0 Å². The number of hydrogen-bond acceptors (Lipinski definition) is 7. The highest BCUT2D eigenvalue weighted by Gasteiger charge is 2.44. The van der Waals surface area contributed by atoms with Crippen LogP contribution in [0, 0.1) is 12.3 Å². The lowest BCUT2D eigenvalue weighted by Crippen LogP contribution is -2.58. The zero-order chi connectivity index (χ0) is 19.1. The second-order valence-electron chi connectivity index (χ2n) is 7.17. The van der Waals surface area contributed by atoms with Crippen LogP contribution >= 0.6 is 0 Å². The highest BCUT2D eigenvalue weighted by atomic mass is 19.1. The predicted molar refractivity (Wildman–Crippen MR) is 101 cm³/mol. The summed E-state index contributed by atoms with van der Waals surface area (Å²) in [7, 11) is 0. The molecule has 1 aromatic carbocycles. The molecule has 0 spiro atoms. The molecule has 1 aliphatic carbocycles. The van der Waals surface area contributed by atoms with E-state index in [1.165, 1.54) is 11.1 Å². The molecule has 1 saturated heterocycles. The third-order valence-electron chi connectivity index (χ3n) is 5.11. The van der Waals surface area contributed by atoms with Gasteiger partial charge in [0, 0.05) is 18.4 Å². The van der Waals surface area contributed by atoms with Crippen LogP contribution in [0.25, 0.3) is 11.5 Å². The number of hydrogen-bond donors (Lipinski definition) is 1. The van der Waals surface area contributed by atoms with Gasteiger partial charge in [-0.15, -0.1) is 11.5 Å². The average molecular weight is 376 g/mol. The first kappa shape index (κ1) is 16.7. The lowest BCUT2D eigenvalue weighted by molar-refractivity contribution is 0.185. The van der Waals surface area contributed by atoms with Crippen molar-refractivity contribution in [3.63, 3.8) is 0 Å². The molecule has 0 unspecified atom stereocenters. The predicted octanol–water partition coefficient (Wildman–Crippen LogP) is 2.27. The number of benzene rings is 1. The van der Waals surface area contributed by atoms with E-state index in [4.69, 9.17) is 10.8 Å². The van der Waals surface area contributed by atoms with Gasteiger partial charge >= 0.3 is 6.01 Å². The summed E-state index contributed by atoms with van der Waals surface area (Å²) in [5.74, 6) is 2.97. The highest BCUT2D eigenvalue weighted by molar-refractivity contribution is 5.53. The minimum absolute atomic E-state index is 0.0499. The van der Waals surface area contributed by atoms with Crippen molar-refractivity contribution < 1.29 is 8.81 Å². The Morgan fingerprint density at radius 3 is 2.46 bits per heavy atom. The maximum absolute atomic E-state index is 13.8. The molecular weight excluding hydrogens is 359 g/mol. The van der Waals surface area contributed by atoms with Gasteiger partial charge in [0.1, 0.15) is 0 Å². The maximum atomic E-state index is 13.8. The van der Waals surface area contributed by atoms with E-state index < -0.39 is 5.67 Å². The highest BCUT2D eigenvalue weighted by Crippen LogP contribution is 2.31. The lowest BCUT2D eigenvalue weighted by Gasteiger charge is -2.39. The number of halogens is 1. The molecule has 2 aliphatic rings. The number of nitrogens with zero attached hydrogens (tertiary/aromatic N) is 5. The molecule has 3 heterocycles. The molecular formula is C20H17FN6O. The van der Waals surface area contributed by atoms with E-state index in [2.05, 4.69) is 55.7 Å². The summed E-state index contributed by atoms with van der Waals surface area (Å²) in [5, 5.41) is 11.3. The van der Waals surface area contributed by atoms with Gasteiger partial charge in [0.2, 0.25) is 11.6 Å². The Labute approximate surface area is 161 Å². The Kier molecular flexibility index (Phi) is 3.76. The first-order chi connectivity index (χ1) is 13.6. The van der Waals surface area contributed by atoms with Crippen LogP contribution in [-0.2, 0) is 12.8 Å². The van der Waals surface area contributed by atoms with Gasteiger partial charge in [-0.3, -0.25) is 0 Å². The Bertz CT molecular complexity index is 1030. The summed E-state index contributed by atoms with van der Waals surface area (Å²) < 4.78 is 19.4. The fraction of sp³-hybridized carbons (Fsp3) is 0.300. The molecule has 0 bridgehead atoms. The van der Waals surface area contributed by atoms with Crippen molar-refractivity contribution in [2.75, 3.05) is 23.3 Å². The number of alkyl halides is 1. The third kappa shape index (κ3) is 2.95. The lowest BCUT2D eigenvalue weighted by atomic mass is 9.98. The summed E-state index contributed by atoms with van der Waals surface area (Å²) in [5.41, 5.74) is 1.71. The van der Waals surface area contributed by atoms with Gasteiger partial charge in [-0.05, 0) is 24.0 Å². The van der Waals surface area contributed by atoms with Crippen molar-refractivity contribution in [1.29, 1.82) is 0 Å². The summed E-state index contributed by atoms with van der Waals surface area (Å²) >= 11 is 0. The first-order valence-corrected chi connectivity index (χ1v) is 9.03. The van der Waals surface area contributed by atoms with Crippen molar-refractivity contribution in [2.45, 2.75) is 24.6 Å². The molecule has 5 rings (SSSR count). The number of fused-ring (bicyclic) bond motifs is 1. The van der Waals surface area contributed by atoms with E-state index in [1.54, 1.807) is 17.3 Å². The Hall–Kier alpha value is -3.47. The quantitative estimate of drug-likeness (QED) is 0.700. The smallest absolute Gasteiger partial charge is 0.318 e. The normalized spacial score (nSPS) is 17.6. The van der Waals surface area contributed by atoms with Crippen LogP contribution in [0.4, 0.5) is 16.4 Å². The van der Waals surface area contributed by atoms with E-state index in [-0.39, 0.29) is 31.0 Å². The SMILES string of the molecule is C#CC1(F)CN(c2nnc(-c3cnc(NC4Cc5ccccc5C4)nc3)o2)C1. The number of anilines is 2. The van der Waals surface area contributed by atoms with E-state index in [0.29, 0.717) is 11.5 Å². The molecule has 140 valence electrons. The van der Waals surface area contributed by atoms with Crippen molar-refractivity contribution in [3.8, 4) is 23.8 Å². The molecule has 1 N–H and O–H groups in total. The monoisotopic (exact) mass is 376 g/mol. The topological polar surface area (TPSA) is 80.0 Å². The van der Waals surface area contributed by atoms with Gasteiger partial charge < -0.3 is 14.6 Å². The fourth-order valence-corrected chi connectivity index (χ4v) is 3.60. The van der Waals surface area contributed by atoms with E-state index in [1.807, 2.05) is 0 Å². The summed E-state index contributed by atoms with van der Waals surface area (Å²) in [4.78, 5) is 10.3. The summed E-state index contributed by atoms with van der Waals surface area (Å²) in [6, 6.07) is 8.95. The largest absolute Gasteiger partial charge is 0.403 e. The van der Waals surface area contributed by atoms with E-state index >= 15 is 0 Å². The van der Waals surface area contributed by atoms with Crippen molar-refractivity contribution in [2.24, 2.45) is 0 Å². The summed E-state index contributed by atoms with van der Waals surface area (Å²) in [6.07, 6.45) is 10.3. The van der Waals surface area contributed by atoms with Gasteiger partial charge in [0.05, 0.1) is 18.7 Å². The van der Waals surface area contributed by atoms with Gasteiger partial charge in [0.15, 0.2) is 0 Å². The zero-order valence-corrected chi connectivity index (χ0v) is 15.0. The van der Waals surface area contributed by atoms with E-state index in [0.717, 1.165) is 12.8 Å². The van der Waals surface area contributed by atoms with Crippen LogP contribution in [0.3, 0.4) is 0 Å². The molecule has 8 heteroatoms. The molecule has 7 nitrogen and oxygen atoms in total. The van der Waals surface area contributed by atoms with Crippen LogP contribution in [0.1, 0.15) is 11.1 Å². The minimum Gasteiger partial charge on any atom is -0.403 e. The van der Waals surface area contributed by atoms with Crippen molar-refractivity contribution in [1.82, 2.24) is 20.2 Å². The van der Waals surface area contributed by atoms with Crippen LogP contribution in [-0.4, -0.2) is 45.0 Å². The Balaban J connectivity index is 1.23. The molecule has 3 aromatic rings. The Morgan fingerprint density at radius 2 is 1.82 bits per heavy atom. The zero-order valence-electron chi connectivity index (χ0n) is 15.0. The molecule has 2 aromatic heterocycles. The van der Waals surface area contributed by atoms with Crippen LogP contribution < -0.4 is 10.2 Å². The second kappa shape index (κ2) is 6.30. The van der Waals surface area contributed by atoms with Crippen LogP contribution in [0.15, 0.2) is 41.1 Å². The summed E-state index contributed by atoms with van der Waals surface area (Å²) in [6.45, 7) is 0.0997. The number of rotatable bonds is 4. The van der Waals surface area contributed by atoms with Gasteiger partial charge in [0.25, 0.3) is 5.89 Å². The average Bonchev–Trinajstić information content (AvgIpc) is 3.32. The molecule has 1 fully saturated rings. The maximum Gasteiger partial charge on any atom is 0.318 e. The second-order valence-corrected chi connectivity index (χ2v) is 7.17. The molecule has 1 aliphatic heterocycles. The molecule has 0 saturated carbocycles. The first-order valence-electron chi connectivity index (χ1n) is 9.03. The molecule has 0 amide bonds.